The van der Waals surface area contributed by atoms with E-state index in [-0.39, 0.29) is 59.9 Å². The van der Waals surface area contributed by atoms with E-state index in [0.717, 1.165) is 27.8 Å². The van der Waals surface area contributed by atoms with Crippen LogP contribution in [-0.2, 0) is 67.4 Å². The largest absolute Gasteiger partial charge is 0.497 e. The number of oxime groups is 1. The van der Waals surface area contributed by atoms with E-state index in [4.69, 9.17) is 38.4 Å². The third kappa shape index (κ3) is 17.3. The van der Waals surface area contributed by atoms with Gasteiger partial charge < -0.3 is 38.2 Å². The van der Waals surface area contributed by atoms with E-state index in [0.29, 0.717) is 48.4 Å². The summed E-state index contributed by atoms with van der Waals surface area (Å²) in [6.07, 6.45) is 4.31. The molecular formula is C64H81N10O14S2+. The highest BCUT2D eigenvalue weighted by Gasteiger charge is 2.55. The van der Waals surface area contributed by atoms with Gasteiger partial charge in [0.25, 0.3) is 0 Å². The van der Waals surface area contributed by atoms with E-state index < -0.39 is 87.2 Å². The number of methoxy groups -OCH3 is 1. The van der Waals surface area contributed by atoms with Gasteiger partial charge in [-0.25, -0.2) is 33.5 Å². The van der Waals surface area contributed by atoms with E-state index in [1.165, 1.54) is 40.8 Å². The third-order valence-electron chi connectivity index (χ3n) is 14.0. The number of likely N-dealkylation sites (tertiary alicyclic amines) is 1. The highest BCUT2D eigenvalue weighted by atomic mass is 32.2. The number of esters is 2. The molecule has 8 rings (SSSR count). The number of carbonyl (C=O) groups is 7. The lowest BCUT2D eigenvalue weighted by Crippen LogP contribution is -2.62. The Balaban J connectivity index is 1.01. The number of piperidine rings is 1. The Labute approximate surface area is 532 Å². The van der Waals surface area contributed by atoms with Crippen molar-refractivity contribution in [1.82, 2.24) is 29.5 Å². The van der Waals surface area contributed by atoms with Gasteiger partial charge in [-0.2, -0.15) is 5.10 Å². The smallest absolute Gasteiger partial charge is 0.416 e. The fourth-order valence-electron chi connectivity index (χ4n) is 9.83. The minimum Gasteiger partial charge on any atom is -0.497 e. The maximum atomic E-state index is 14.6. The number of ether oxygens (including phenoxy) is 6. The monoisotopic (exact) mass is 1280 g/mol. The van der Waals surface area contributed by atoms with Crippen molar-refractivity contribution in [2.24, 2.45) is 11.1 Å². The average Bonchev–Trinajstić information content (AvgIpc) is 1.01. The number of pyridine rings is 1. The number of amidine groups is 1. The first-order valence-electron chi connectivity index (χ1n) is 29.5. The van der Waals surface area contributed by atoms with Crippen molar-refractivity contribution >= 4 is 92.6 Å². The maximum Gasteiger partial charge on any atom is 0.416 e. The van der Waals surface area contributed by atoms with Crippen LogP contribution in [0, 0.1) is 11.3 Å². The molecule has 3 aromatic heterocycles. The molecule has 26 heteroatoms. The molecule has 2 aromatic carbocycles. The van der Waals surface area contributed by atoms with Crippen LogP contribution in [0.4, 0.5) is 19.5 Å². The van der Waals surface area contributed by atoms with Crippen molar-refractivity contribution in [3.63, 3.8) is 0 Å². The number of aromatic nitrogens is 4. The number of hydrogen-bond acceptors (Lipinski definition) is 20. The Morgan fingerprint density at radius 3 is 2.13 bits per heavy atom. The first-order chi connectivity index (χ1) is 42.0. The number of nitrogens with zero attached hydrogens (tertiary/aromatic N) is 8. The number of fused-ring (bicyclic) bond motifs is 2. The summed E-state index contributed by atoms with van der Waals surface area (Å²) >= 11 is 2.38. The topological polar surface area (TPSA) is 277 Å². The minimum atomic E-state index is -1.67. The minimum absolute atomic E-state index is 0.00363. The highest BCUT2D eigenvalue weighted by Crippen LogP contribution is 2.46. The van der Waals surface area contributed by atoms with Gasteiger partial charge in [-0.3, -0.25) is 34.8 Å². The van der Waals surface area contributed by atoms with E-state index in [2.05, 4.69) is 15.5 Å². The molecule has 2 fully saturated rings. The lowest BCUT2D eigenvalue weighted by molar-refractivity contribution is -0.687. The first kappa shape index (κ1) is 67.5. The predicted octanol–water partition coefficient (Wildman–Crippen LogP) is 10.2. The van der Waals surface area contributed by atoms with Crippen LogP contribution < -0.4 is 14.6 Å². The van der Waals surface area contributed by atoms with Crippen molar-refractivity contribution in [2.75, 3.05) is 31.3 Å². The van der Waals surface area contributed by atoms with Gasteiger partial charge in [-0.15, -0.1) is 23.1 Å². The fraction of sp³-hybridized carbons (Fsp3) is 0.500. The molecule has 482 valence electrons. The van der Waals surface area contributed by atoms with Gasteiger partial charge in [0, 0.05) is 47.8 Å². The normalized spacial score (nSPS) is 17.4. The first-order valence-corrected chi connectivity index (χ1v) is 31.5. The molecule has 24 nitrogen and oxygen atoms in total. The van der Waals surface area contributed by atoms with E-state index >= 15 is 0 Å². The quantitative estimate of drug-likeness (QED) is 0.0157. The second-order valence-corrected chi connectivity index (χ2v) is 28.6. The summed E-state index contributed by atoms with van der Waals surface area (Å²) in [6, 6.07) is 15.7. The Morgan fingerprint density at radius 1 is 0.833 bits per heavy atom. The molecule has 0 radical (unpaired) electrons. The van der Waals surface area contributed by atoms with E-state index in [9.17, 15) is 39.0 Å². The van der Waals surface area contributed by atoms with Gasteiger partial charge in [-0.05, 0) is 133 Å². The van der Waals surface area contributed by atoms with E-state index in [1.807, 2.05) is 39.8 Å². The van der Waals surface area contributed by atoms with Crippen LogP contribution >= 0.6 is 23.1 Å². The second-order valence-electron chi connectivity index (χ2n) is 26.6. The standard InChI is InChI=1S/C64H80N10O14S2/c1-60(2,3)84-55(78)64(13,14)88-69-49(46-37-90-56(67-46)68-57(79)85-61(4,5)6)48(75)29-45-52(76)74-50(54(77)83-35-39-20-24-44(82-15)25-21-39)42(36-89-53(45)74)33-70-28-26-47-41(32-70)30-66-72(47)31-38-18-22-40(23-19-38)51(65)73(59(81)87-63(10,11)12)43-17-16-27-71(34-43)58(80)86-62(7,8)9/h18-26,28,30,32,37,43,45,53,65H,16-17,27,29,31,33-36H2,1-15H3/p+1/b65-51?,69-49-/t43-,45-,53-/m1/s1. The van der Waals surface area contributed by atoms with Crippen molar-refractivity contribution in [3.8, 4) is 5.75 Å². The van der Waals surface area contributed by atoms with Crippen molar-refractivity contribution in [2.45, 2.75) is 175 Å². The zero-order valence-electron chi connectivity index (χ0n) is 53.7. The molecule has 6 heterocycles. The maximum absolute atomic E-state index is 14.6. The molecular weight excluding hydrogens is 1200 g/mol. The second kappa shape index (κ2) is 27.0. The lowest BCUT2D eigenvalue weighted by atomic mass is 9.89. The molecule has 0 bridgehead atoms. The Bertz CT molecular complexity index is 3610. The van der Waals surface area contributed by atoms with Gasteiger partial charge in [0.05, 0.1) is 48.1 Å². The molecule has 90 heavy (non-hydrogen) atoms. The molecule has 3 aliphatic rings. The molecule has 3 atom stereocenters. The molecule has 2 saturated heterocycles. The van der Waals surface area contributed by atoms with Crippen LogP contribution in [0.2, 0.25) is 0 Å². The molecule has 3 aliphatic heterocycles. The van der Waals surface area contributed by atoms with Crippen LogP contribution in [0.3, 0.4) is 0 Å². The number of thiazole rings is 1. The number of β-lactam (4-membered cyclic amide) rings is 1. The van der Waals surface area contributed by atoms with Crippen molar-refractivity contribution in [3.05, 3.63) is 112 Å². The van der Waals surface area contributed by atoms with E-state index in [1.54, 1.807) is 138 Å². The van der Waals surface area contributed by atoms with Gasteiger partial charge >= 0.3 is 30.2 Å². The Hall–Kier alpha value is -8.39. The number of anilines is 1. The summed E-state index contributed by atoms with van der Waals surface area (Å²) in [5.74, 6) is -2.73. The summed E-state index contributed by atoms with van der Waals surface area (Å²) < 4.78 is 37.4. The van der Waals surface area contributed by atoms with Crippen molar-refractivity contribution in [1.29, 1.82) is 5.41 Å². The van der Waals surface area contributed by atoms with Crippen LogP contribution in [0.5, 0.6) is 5.75 Å². The molecule has 0 spiro atoms. The zero-order chi connectivity index (χ0) is 65.8. The molecule has 2 N–H and O–H groups in total. The van der Waals surface area contributed by atoms with Crippen LogP contribution in [0.25, 0.3) is 10.9 Å². The van der Waals surface area contributed by atoms with Crippen LogP contribution in [0.1, 0.15) is 139 Å². The van der Waals surface area contributed by atoms with Gasteiger partial charge in [0.1, 0.15) is 52.0 Å². The number of ketones is 1. The lowest BCUT2D eigenvalue weighted by Gasteiger charge is -2.49. The van der Waals surface area contributed by atoms with Gasteiger partial charge in [0.2, 0.25) is 11.5 Å². The number of benzene rings is 2. The third-order valence-corrected chi connectivity index (χ3v) is 16.1. The molecule has 5 aromatic rings. The number of amides is 4. The van der Waals surface area contributed by atoms with Gasteiger partial charge in [0.15, 0.2) is 35.6 Å². The number of rotatable bonds is 18. The number of thioether (sulfide) groups is 1. The Kier molecular flexibility index (Phi) is 20.2. The summed E-state index contributed by atoms with van der Waals surface area (Å²) in [4.78, 5) is 111. The summed E-state index contributed by atoms with van der Waals surface area (Å²) in [7, 11) is 1.55. The van der Waals surface area contributed by atoms with Crippen molar-refractivity contribution < 1.29 is 71.4 Å². The van der Waals surface area contributed by atoms with Crippen LogP contribution in [-0.4, -0.2) is 148 Å². The Morgan fingerprint density at radius 2 is 1.49 bits per heavy atom. The van der Waals surface area contributed by atoms with Crippen LogP contribution in [0.15, 0.2) is 95.0 Å². The number of carbonyl (C=O) groups excluding carboxylic acids is 7. The molecule has 0 unspecified atom stereocenters. The average molecular weight is 1280 g/mol. The molecule has 4 amide bonds. The fourth-order valence-corrected chi connectivity index (χ4v) is 11.9. The highest BCUT2D eigenvalue weighted by molar-refractivity contribution is 8.00. The molecule has 0 saturated carbocycles. The summed E-state index contributed by atoms with van der Waals surface area (Å²) in [5.41, 5.74) is -1.72. The summed E-state index contributed by atoms with van der Waals surface area (Å²) in [6.45, 7) is 24.8. The van der Waals surface area contributed by atoms with Gasteiger partial charge in [-0.1, -0.05) is 41.6 Å². The zero-order valence-corrected chi connectivity index (χ0v) is 55.3. The predicted molar refractivity (Wildman–Crippen MR) is 337 cm³/mol. The SMILES string of the molecule is COc1ccc(COC(=O)C2=C(C[n+]3ccc4c(cnn4Cc4ccc(C(=N)N(C(=O)OC(C)(C)C)[C@@H]5CCCN(C(=O)OC(C)(C)C)C5)cc4)c3)CS[C@@H]3[C@H](CC(=O)/C(=N\OC(C)(C)C(=O)OC(C)(C)C)c4csc(NC(=O)OC(C)(C)C)n4)C(=O)N23)cc1. The summed E-state index contributed by atoms with van der Waals surface area (Å²) in [5, 5.41) is 22.5. The number of hydrogen-bond donors (Lipinski definition) is 2. The molecule has 0 aliphatic carbocycles. The number of Topliss-reactive ketones (excluding diaryl/α,β-unsaturated/α-hetero) is 1. The number of nitrogens with one attached hydrogen (secondary N) is 2.